The van der Waals surface area contributed by atoms with E-state index in [2.05, 4.69) is 20.5 Å². The Labute approximate surface area is 95.7 Å². The minimum atomic E-state index is -0.447. The first-order valence-corrected chi connectivity index (χ1v) is 4.75. The predicted octanol–water partition coefficient (Wildman–Crippen LogP) is -0.000600. The van der Waals surface area contributed by atoms with Gasteiger partial charge in [-0.2, -0.15) is 5.10 Å². The van der Waals surface area contributed by atoms with E-state index in [4.69, 9.17) is 5.73 Å². The van der Waals surface area contributed by atoms with Crippen LogP contribution in [-0.2, 0) is 0 Å². The van der Waals surface area contributed by atoms with Crippen LogP contribution < -0.4 is 16.6 Å². The molecule has 0 bridgehead atoms. The van der Waals surface area contributed by atoms with Crippen LogP contribution in [0.1, 0.15) is 10.5 Å². The van der Waals surface area contributed by atoms with Crippen LogP contribution in [0.2, 0.25) is 0 Å². The third kappa shape index (κ3) is 2.65. The van der Waals surface area contributed by atoms with E-state index >= 15 is 0 Å². The lowest BCUT2D eigenvalue weighted by Crippen LogP contribution is -2.17. The quantitative estimate of drug-likeness (QED) is 0.673. The number of rotatable bonds is 2. The second-order valence-electron chi connectivity index (χ2n) is 3.21. The normalized spacial score (nSPS) is 9.88. The number of aromatic amines is 1. The molecule has 0 aromatic carbocycles. The molecule has 2 heterocycles. The van der Waals surface area contributed by atoms with Crippen LogP contribution >= 0.6 is 0 Å². The summed E-state index contributed by atoms with van der Waals surface area (Å²) in [5.41, 5.74) is 5.29. The highest BCUT2D eigenvalue weighted by molar-refractivity contribution is 6.02. The Balaban J connectivity index is 2.17. The summed E-state index contributed by atoms with van der Waals surface area (Å²) in [7, 11) is 0. The number of anilines is 2. The predicted molar refractivity (Wildman–Crippen MR) is 61.5 cm³/mol. The van der Waals surface area contributed by atoms with E-state index in [1.165, 1.54) is 18.2 Å². The molecule has 0 aliphatic rings. The van der Waals surface area contributed by atoms with Gasteiger partial charge in [0.1, 0.15) is 11.5 Å². The van der Waals surface area contributed by atoms with Crippen LogP contribution in [0.25, 0.3) is 0 Å². The summed E-state index contributed by atoms with van der Waals surface area (Å²) < 4.78 is 0. The Morgan fingerprint density at radius 1 is 1.29 bits per heavy atom. The lowest BCUT2D eigenvalue weighted by atomic mass is 10.3. The first-order chi connectivity index (χ1) is 8.15. The maximum absolute atomic E-state index is 11.7. The van der Waals surface area contributed by atoms with Crippen molar-refractivity contribution in [3.63, 3.8) is 0 Å². The molecular formula is C10H9N5O2. The number of hydrogen-bond donors (Lipinski definition) is 3. The molecule has 0 aliphatic heterocycles. The molecule has 7 heteroatoms. The number of nitrogens with one attached hydrogen (secondary N) is 2. The Morgan fingerprint density at radius 2 is 2.12 bits per heavy atom. The largest absolute Gasteiger partial charge is 0.384 e. The highest BCUT2D eigenvalue weighted by Crippen LogP contribution is 2.04. The fourth-order valence-corrected chi connectivity index (χ4v) is 1.17. The number of nitrogens with two attached hydrogens (primary N) is 1. The van der Waals surface area contributed by atoms with E-state index in [9.17, 15) is 9.59 Å². The molecule has 2 aromatic rings. The molecule has 0 unspecified atom stereocenters. The smallest absolute Gasteiger partial charge is 0.275 e. The van der Waals surface area contributed by atoms with E-state index in [0.29, 0.717) is 0 Å². The fraction of sp³-hybridized carbons (Fsp3) is 0. The molecule has 0 saturated heterocycles. The first kappa shape index (κ1) is 10.8. The van der Waals surface area contributed by atoms with Crippen molar-refractivity contribution in [1.29, 1.82) is 0 Å². The van der Waals surface area contributed by atoms with Crippen molar-refractivity contribution in [3.05, 3.63) is 46.4 Å². The second kappa shape index (κ2) is 4.44. The summed E-state index contributed by atoms with van der Waals surface area (Å²) >= 11 is 0. The number of H-pyrrole nitrogens is 1. The standard InChI is InChI=1S/C10H9N5O2/c11-7-3-1-2-6(12-7)10(17)13-8-4-5-9(16)15-14-8/h1-5H,(H2,11,12)(H,15,16)(H,13,14,17). The lowest BCUT2D eigenvalue weighted by Gasteiger charge is -2.03. The summed E-state index contributed by atoms with van der Waals surface area (Å²) in [4.78, 5) is 26.3. The van der Waals surface area contributed by atoms with Gasteiger partial charge in [0.2, 0.25) is 0 Å². The second-order valence-corrected chi connectivity index (χ2v) is 3.21. The Morgan fingerprint density at radius 3 is 2.76 bits per heavy atom. The van der Waals surface area contributed by atoms with Gasteiger partial charge in [-0.3, -0.25) is 9.59 Å². The number of hydrogen-bond acceptors (Lipinski definition) is 5. The molecule has 0 saturated carbocycles. The van der Waals surface area contributed by atoms with Gasteiger partial charge in [-0.25, -0.2) is 10.1 Å². The van der Waals surface area contributed by atoms with Crippen LogP contribution in [0.5, 0.6) is 0 Å². The van der Waals surface area contributed by atoms with Crippen LogP contribution in [0, 0.1) is 0 Å². The van der Waals surface area contributed by atoms with Gasteiger partial charge < -0.3 is 11.1 Å². The van der Waals surface area contributed by atoms with E-state index in [1.54, 1.807) is 12.1 Å². The summed E-state index contributed by atoms with van der Waals surface area (Å²) in [5.74, 6) is 0.0442. The van der Waals surface area contributed by atoms with Gasteiger partial charge in [0.15, 0.2) is 5.82 Å². The van der Waals surface area contributed by atoms with Gasteiger partial charge in [-0.1, -0.05) is 6.07 Å². The molecular weight excluding hydrogens is 222 g/mol. The van der Waals surface area contributed by atoms with Crippen molar-refractivity contribution < 1.29 is 4.79 Å². The fourth-order valence-electron chi connectivity index (χ4n) is 1.17. The van der Waals surface area contributed by atoms with Crippen LogP contribution in [0.15, 0.2) is 35.1 Å². The summed E-state index contributed by atoms with van der Waals surface area (Å²) in [6.45, 7) is 0. The number of aromatic nitrogens is 3. The van der Waals surface area contributed by atoms with E-state index in [1.807, 2.05) is 0 Å². The molecule has 86 valence electrons. The van der Waals surface area contributed by atoms with Gasteiger partial charge in [0.05, 0.1) is 0 Å². The van der Waals surface area contributed by atoms with Crippen molar-refractivity contribution in [3.8, 4) is 0 Å². The zero-order valence-corrected chi connectivity index (χ0v) is 8.68. The van der Waals surface area contributed by atoms with Crippen LogP contribution in [-0.4, -0.2) is 21.1 Å². The molecule has 1 amide bonds. The van der Waals surface area contributed by atoms with Gasteiger partial charge in [-0.05, 0) is 18.2 Å². The third-order valence-electron chi connectivity index (χ3n) is 1.92. The number of nitrogens with zero attached hydrogens (tertiary/aromatic N) is 2. The molecule has 17 heavy (non-hydrogen) atoms. The third-order valence-corrected chi connectivity index (χ3v) is 1.92. The average molecular weight is 231 g/mol. The maximum atomic E-state index is 11.7. The summed E-state index contributed by atoms with van der Waals surface area (Å²) in [6, 6.07) is 7.38. The number of carbonyl (C=O) groups excluding carboxylic acids is 1. The zero-order chi connectivity index (χ0) is 12.3. The molecule has 0 radical (unpaired) electrons. The first-order valence-electron chi connectivity index (χ1n) is 4.75. The van der Waals surface area contributed by atoms with Crippen LogP contribution in [0.4, 0.5) is 11.6 Å². The molecule has 0 spiro atoms. The lowest BCUT2D eigenvalue weighted by molar-refractivity contribution is 0.102. The van der Waals surface area contributed by atoms with Gasteiger partial charge in [0, 0.05) is 6.07 Å². The van der Waals surface area contributed by atoms with Gasteiger partial charge in [-0.15, -0.1) is 0 Å². The minimum Gasteiger partial charge on any atom is -0.384 e. The molecule has 0 aliphatic carbocycles. The average Bonchev–Trinajstić information content (AvgIpc) is 2.32. The Kier molecular flexibility index (Phi) is 2.82. The molecule has 4 N–H and O–H groups in total. The number of amides is 1. The topological polar surface area (TPSA) is 114 Å². The minimum absolute atomic E-state index is 0.179. The van der Waals surface area contributed by atoms with Crippen molar-refractivity contribution in [2.75, 3.05) is 11.1 Å². The molecule has 7 nitrogen and oxygen atoms in total. The Bertz CT molecular complexity index is 587. The molecule has 2 rings (SSSR count). The SMILES string of the molecule is Nc1cccc(C(=O)Nc2ccc(=O)[nH]n2)n1. The van der Waals surface area contributed by atoms with Crippen molar-refractivity contribution in [2.24, 2.45) is 0 Å². The summed E-state index contributed by atoms with van der Waals surface area (Å²) in [6.07, 6.45) is 0. The van der Waals surface area contributed by atoms with E-state index in [-0.39, 0.29) is 22.9 Å². The highest BCUT2D eigenvalue weighted by atomic mass is 16.2. The number of nitrogen functional groups attached to an aromatic ring is 1. The van der Waals surface area contributed by atoms with Crippen molar-refractivity contribution in [1.82, 2.24) is 15.2 Å². The molecule has 0 fully saturated rings. The van der Waals surface area contributed by atoms with E-state index in [0.717, 1.165) is 0 Å². The Hall–Kier alpha value is -2.70. The summed E-state index contributed by atoms with van der Waals surface area (Å²) in [5, 5.41) is 8.31. The van der Waals surface area contributed by atoms with Crippen molar-refractivity contribution >= 4 is 17.5 Å². The zero-order valence-electron chi connectivity index (χ0n) is 8.68. The molecule has 0 atom stereocenters. The maximum Gasteiger partial charge on any atom is 0.275 e. The van der Waals surface area contributed by atoms with Crippen LogP contribution in [0.3, 0.4) is 0 Å². The number of carbonyl (C=O) groups is 1. The highest BCUT2D eigenvalue weighted by Gasteiger charge is 2.08. The van der Waals surface area contributed by atoms with Crippen molar-refractivity contribution in [2.45, 2.75) is 0 Å². The van der Waals surface area contributed by atoms with Gasteiger partial charge >= 0.3 is 0 Å². The monoisotopic (exact) mass is 231 g/mol. The van der Waals surface area contributed by atoms with Gasteiger partial charge in [0.25, 0.3) is 11.5 Å². The van der Waals surface area contributed by atoms with E-state index < -0.39 is 5.91 Å². The number of pyridine rings is 1. The molecule has 2 aromatic heterocycles.